The van der Waals surface area contributed by atoms with E-state index in [2.05, 4.69) is 127 Å². The van der Waals surface area contributed by atoms with Gasteiger partial charge in [-0.1, -0.05) is 121 Å². The lowest BCUT2D eigenvalue weighted by atomic mass is 9.70. The summed E-state index contributed by atoms with van der Waals surface area (Å²) >= 11 is 1.72. The van der Waals surface area contributed by atoms with Crippen molar-refractivity contribution in [3.63, 3.8) is 0 Å². The molecular weight excluding hydrogens is 639 g/mol. The van der Waals surface area contributed by atoms with Crippen LogP contribution >= 0.6 is 11.8 Å². The van der Waals surface area contributed by atoms with Crippen LogP contribution in [-0.2, 0) is 11.8 Å². The molecular formula is C47H27N3S. The van der Waals surface area contributed by atoms with Crippen LogP contribution in [0.2, 0.25) is 0 Å². The summed E-state index contributed by atoms with van der Waals surface area (Å²) in [5.74, 6) is 0. The first kappa shape index (κ1) is 28.5. The molecule has 0 radical (unpaired) electrons. The van der Waals surface area contributed by atoms with Gasteiger partial charge in [0.1, 0.15) is 5.03 Å². The summed E-state index contributed by atoms with van der Waals surface area (Å²) in [4.78, 5) is 11.1. The van der Waals surface area contributed by atoms with Crippen LogP contribution in [0.25, 0.3) is 55.5 Å². The number of fused-ring (bicyclic) bond motifs is 13. The van der Waals surface area contributed by atoms with E-state index in [-0.39, 0.29) is 0 Å². The van der Waals surface area contributed by atoms with E-state index >= 15 is 0 Å². The molecule has 1 aromatic heterocycles. The monoisotopic (exact) mass is 665 g/mol. The summed E-state index contributed by atoms with van der Waals surface area (Å²) in [6.45, 7) is 0. The molecule has 0 atom stereocenters. The van der Waals surface area contributed by atoms with Crippen LogP contribution < -0.4 is 0 Å². The van der Waals surface area contributed by atoms with Gasteiger partial charge >= 0.3 is 0 Å². The third-order valence-corrected chi connectivity index (χ3v) is 12.1. The molecule has 0 saturated carbocycles. The van der Waals surface area contributed by atoms with Crippen molar-refractivity contribution in [3.8, 4) is 50.6 Å². The zero-order valence-corrected chi connectivity index (χ0v) is 28.2. The predicted octanol–water partition coefficient (Wildman–Crippen LogP) is 11.2. The van der Waals surface area contributed by atoms with Crippen molar-refractivity contribution in [3.05, 3.63) is 191 Å². The van der Waals surface area contributed by atoms with Crippen LogP contribution in [0.5, 0.6) is 0 Å². The number of nitriles is 1. The first-order valence-electron chi connectivity index (χ1n) is 17.3. The smallest absolute Gasteiger partial charge is 0.123 e. The van der Waals surface area contributed by atoms with Crippen molar-refractivity contribution in [2.24, 2.45) is 0 Å². The second-order valence-corrected chi connectivity index (χ2v) is 14.7. The molecule has 2 heterocycles. The molecule has 51 heavy (non-hydrogen) atoms. The zero-order chi connectivity index (χ0) is 33.7. The molecule has 0 N–H and O–H groups in total. The van der Waals surface area contributed by atoms with E-state index in [9.17, 15) is 5.26 Å². The van der Waals surface area contributed by atoms with E-state index in [1.807, 2.05) is 30.3 Å². The number of hydrogen-bond donors (Lipinski definition) is 0. The highest BCUT2D eigenvalue weighted by molar-refractivity contribution is 7.99. The lowest BCUT2D eigenvalue weighted by molar-refractivity contribution is 0.793. The Morgan fingerprint density at radius 1 is 0.510 bits per heavy atom. The topological polar surface area (TPSA) is 49.6 Å². The fourth-order valence-corrected chi connectivity index (χ4v) is 9.79. The third kappa shape index (κ3) is 4.01. The number of nitrogens with zero attached hydrogens (tertiary/aromatic N) is 3. The molecule has 7 aromatic carbocycles. The minimum absolute atomic E-state index is 0.501. The normalized spacial score (nSPS) is 13.9. The van der Waals surface area contributed by atoms with Crippen molar-refractivity contribution in [2.45, 2.75) is 21.8 Å². The van der Waals surface area contributed by atoms with E-state index in [4.69, 9.17) is 9.97 Å². The van der Waals surface area contributed by atoms with Gasteiger partial charge in [-0.25, -0.2) is 9.97 Å². The van der Waals surface area contributed by atoms with Crippen LogP contribution in [0, 0.1) is 11.3 Å². The molecule has 0 unspecified atom stereocenters. The minimum Gasteiger partial charge on any atom is -0.248 e. The quantitative estimate of drug-likeness (QED) is 0.184. The van der Waals surface area contributed by atoms with Crippen LogP contribution in [-0.4, -0.2) is 9.97 Å². The predicted molar refractivity (Wildman–Crippen MR) is 205 cm³/mol. The number of para-hydroxylation sites is 2. The highest BCUT2D eigenvalue weighted by Crippen LogP contribution is 2.63. The molecule has 236 valence electrons. The summed E-state index contributed by atoms with van der Waals surface area (Å²) in [5.41, 5.74) is 19.1. The lowest BCUT2D eigenvalue weighted by Gasteiger charge is -2.30. The van der Waals surface area contributed by atoms with Gasteiger partial charge in [0.05, 0.1) is 33.8 Å². The standard InChI is InChI=1S/C47H27N3S/c48-27-28-16-20-36-37-21-19-31(24-41(37)47(40(36)22-28)38-12-3-1-10-34(38)35-11-2-4-13-39(35)47)29-8-7-9-30(23-29)32-17-18-33-25-44-46(51-45(33)26-32)50-43-15-6-5-14-42(43)49-44/h1-24,26H,25H2. The van der Waals surface area contributed by atoms with E-state index < -0.39 is 5.41 Å². The molecule has 3 nitrogen and oxygen atoms in total. The Balaban J connectivity index is 1.03. The Morgan fingerprint density at radius 2 is 1.10 bits per heavy atom. The fraction of sp³-hybridized carbons (Fsp3) is 0.0426. The Hall–Kier alpha value is -6.28. The molecule has 8 aromatic rings. The van der Waals surface area contributed by atoms with E-state index in [0.717, 1.165) is 28.2 Å². The SMILES string of the molecule is N#Cc1ccc2c(c1)C1(c3ccccc3-c3ccccc31)c1cc(-c3cccc(-c4ccc5c(c4)Sc4nc6ccccc6nc4C5)c3)ccc1-2. The summed E-state index contributed by atoms with van der Waals surface area (Å²) in [5, 5.41) is 11.0. The molecule has 2 aliphatic carbocycles. The van der Waals surface area contributed by atoms with Gasteiger partial charge in [-0.05, 0) is 115 Å². The Bertz CT molecular complexity index is 2800. The van der Waals surface area contributed by atoms with Gasteiger partial charge in [-0.15, -0.1) is 0 Å². The molecule has 3 aliphatic rings. The molecule has 0 saturated heterocycles. The maximum Gasteiger partial charge on any atom is 0.123 e. The summed E-state index contributed by atoms with van der Waals surface area (Å²) in [7, 11) is 0. The molecule has 11 rings (SSSR count). The van der Waals surface area contributed by atoms with Gasteiger partial charge < -0.3 is 0 Å². The average molecular weight is 666 g/mol. The number of hydrogen-bond acceptors (Lipinski definition) is 4. The van der Waals surface area contributed by atoms with Crippen LogP contribution in [0.4, 0.5) is 0 Å². The summed E-state index contributed by atoms with van der Waals surface area (Å²) < 4.78 is 0. The molecule has 0 amide bonds. The second kappa shape index (κ2) is 10.6. The first-order chi connectivity index (χ1) is 25.2. The van der Waals surface area contributed by atoms with E-state index in [1.54, 1.807) is 11.8 Å². The Labute approximate surface area is 299 Å². The van der Waals surface area contributed by atoms with Crippen LogP contribution in [0.15, 0.2) is 162 Å². The zero-order valence-electron chi connectivity index (χ0n) is 27.4. The molecule has 4 heteroatoms. The molecule has 1 aliphatic heterocycles. The largest absolute Gasteiger partial charge is 0.248 e. The Morgan fingerprint density at radius 3 is 1.84 bits per heavy atom. The maximum absolute atomic E-state index is 10.0. The first-order valence-corrected chi connectivity index (χ1v) is 18.1. The second-order valence-electron chi connectivity index (χ2n) is 13.6. The third-order valence-electron chi connectivity index (χ3n) is 11.0. The van der Waals surface area contributed by atoms with Gasteiger partial charge in [0, 0.05) is 11.3 Å². The molecule has 0 fully saturated rings. The summed E-state index contributed by atoms with van der Waals surface area (Å²) in [6.07, 6.45) is 0.789. The average Bonchev–Trinajstić information content (AvgIpc) is 3.65. The van der Waals surface area contributed by atoms with Gasteiger partial charge in [0.2, 0.25) is 0 Å². The van der Waals surface area contributed by atoms with E-state index in [0.29, 0.717) is 5.56 Å². The molecule has 0 bridgehead atoms. The molecule has 1 spiro atoms. The van der Waals surface area contributed by atoms with Crippen molar-refractivity contribution in [2.75, 3.05) is 0 Å². The van der Waals surface area contributed by atoms with Crippen molar-refractivity contribution in [1.29, 1.82) is 5.26 Å². The van der Waals surface area contributed by atoms with Gasteiger partial charge in [0.15, 0.2) is 0 Å². The van der Waals surface area contributed by atoms with Crippen LogP contribution in [0.3, 0.4) is 0 Å². The van der Waals surface area contributed by atoms with E-state index in [1.165, 1.54) is 77.2 Å². The number of benzene rings is 7. The van der Waals surface area contributed by atoms with Crippen molar-refractivity contribution >= 4 is 22.8 Å². The highest BCUT2D eigenvalue weighted by atomic mass is 32.2. The fourth-order valence-electron chi connectivity index (χ4n) is 8.74. The van der Waals surface area contributed by atoms with Gasteiger partial charge in [-0.3, -0.25) is 0 Å². The van der Waals surface area contributed by atoms with Crippen LogP contribution in [0.1, 0.15) is 39.1 Å². The van der Waals surface area contributed by atoms with Crippen molar-refractivity contribution < 1.29 is 0 Å². The summed E-state index contributed by atoms with van der Waals surface area (Å²) in [6, 6.07) is 57.0. The van der Waals surface area contributed by atoms with Crippen molar-refractivity contribution in [1.82, 2.24) is 9.97 Å². The Kier molecular flexibility index (Phi) is 5.94. The maximum atomic E-state index is 10.0. The lowest BCUT2D eigenvalue weighted by Crippen LogP contribution is -2.26. The van der Waals surface area contributed by atoms with Gasteiger partial charge in [-0.2, -0.15) is 5.26 Å². The van der Waals surface area contributed by atoms with Gasteiger partial charge in [0.25, 0.3) is 0 Å². The highest BCUT2D eigenvalue weighted by Gasteiger charge is 2.51. The number of rotatable bonds is 2. The number of aromatic nitrogens is 2. The minimum atomic E-state index is -0.501.